The summed E-state index contributed by atoms with van der Waals surface area (Å²) in [5.74, 6) is -1.06. The van der Waals surface area contributed by atoms with Crippen molar-refractivity contribution >= 4 is 6.79 Å². The van der Waals surface area contributed by atoms with Crippen LogP contribution in [-0.2, 0) is 11.2 Å². The number of carbonyl (C=O) groups is 1. The lowest BCUT2D eigenvalue weighted by atomic mass is 10.0. The fraction of sp³-hybridized carbons (Fsp3) is 0.240. The fourth-order valence-corrected chi connectivity index (χ4v) is 3.37. The summed E-state index contributed by atoms with van der Waals surface area (Å²) in [6.07, 6.45) is -0.656. The Morgan fingerprint density at radius 2 is 1.49 bits per heavy atom. The highest BCUT2D eigenvalue weighted by molar-refractivity contribution is 5.54. The zero-order chi connectivity index (χ0) is 26.3. The molecule has 10 heteroatoms. The lowest BCUT2D eigenvalue weighted by Crippen LogP contribution is -2.31. The predicted molar refractivity (Wildman–Crippen MR) is 125 cm³/mol. The molecule has 0 aromatic heterocycles. The van der Waals surface area contributed by atoms with Gasteiger partial charge in [0.25, 0.3) is 0 Å². The fourth-order valence-electron chi connectivity index (χ4n) is 3.37. The van der Waals surface area contributed by atoms with Crippen LogP contribution in [0.2, 0.25) is 0 Å². The van der Waals surface area contributed by atoms with E-state index in [1.54, 1.807) is 19.1 Å². The minimum absolute atomic E-state index is 0.0935. The third-order valence-electron chi connectivity index (χ3n) is 4.94. The third-order valence-corrected chi connectivity index (χ3v) is 4.94. The second-order valence-corrected chi connectivity index (χ2v) is 7.78. The molecule has 3 aromatic carbocycles. The number of carbonyl (C=O) groups excluding carboxylic acids is 1. The molecule has 1 heterocycles. The molecule has 3 aromatic rings. The topological polar surface area (TPSA) is 177 Å². The van der Waals surface area contributed by atoms with E-state index in [1.165, 1.54) is 24.3 Å². The van der Waals surface area contributed by atoms with E-state index in [0.29, 0.717) is 17.7 Å². The molecule has 7 N–H and O–H groups in total. The Balaban J connectivity index is 0.000000280. The monoisotopic (exact) mass is 488 g/mol. The van der Waals surface area contributed by atoms with E-state index in [9.17, 15) is 25.5 Å². The number of benzene rings is 3. The second kappa shape index (κ2) is 11.7. The van der Waals surface area contributed by atoms with Crippen LogP contribution in [0.25, 0.3) is 0 Å². The number of rotatable bonds is 3. The smallest absolute Gasteiger partial charge is 0.200 e. The number of aryl methyl sites for hydroxylation is 1. The summed E-state index contributed by atoms with van der Waals surface area (Å²) in [4.78, 5) is 8.00. The lowest BCUT2D eigenvalue weighted by molar-refractivity contribution is -0.0980. The number of hydrogen-bond donors (Lipinski definition) is 7. The van der Waals surface area contributed by atoms with Crippen molar-refractivity contribution in [2.24, 2.45) is 0 Å². The van der Waals surface area contributed by atoms with Crippen molar-refractivity contribution in [3.05, 3.63) is 59.2 Å². The largest absolute Gasteiger partial charge is 0.508 e. The van der Waals surface area contributed by atoms with Crippen LogP contribution in [0.3, 0.4) is 0 Å². The molecule has 2 unspecified atom stereocenters. The van der Waals surface area contributed by atoms with Crippen LogP contribution in [0.15, 0.2) is 42.5 Å². The average molecular weight is 488 g/mol. The maximum atomic E-state index is 9.84. The molecule has 1 aliphatic heterocycles. The molecule has 0 radical (unpaired) electrons. The number of fused-ring (bicyclic) bond motifs is 1. The molecular formula is C25H28O10. The minimum atomic E-state index is -0.620. The SMILES string of the molecule is C=O.Cc1cc(O)cc(C(C)O)c1.Oc1cc(O)c2c(c1)OCC(Oc1cc(O)c(O)c(O)c1)C2. The van der Waals surface area contributed by atoms with Crippen LogP contribution in [-0.4, -0.2) is 55.2 Å². The molecule has 0 saturated heterocycles. The third kappa shape index (κ3) is 7.08. The van der Waals surface area contributed by atoms with E-state index in [0.717, 1.165) is 11.1 Å². The zero-order valence-corrected chi connectivity index (χ0v) is 19.2. The van der Waals surface area contributed by atoms with Gasteiger partial charge in [0.1, 0.15) is 48.2 Å². The predicted octanol–water partition coefficient (Wildman–Crippen LogP) is 3.17. The first-order valence-electron chi connectivity index (χ1n) is 10.4. The van der Waals surface area contributed by atoms with Gasteiger partial charge in [-0.15, -0.1) is 0 Å². The zero-order valence-electron chi connectivity index (χ0n) is 19.2. The normalized spacial score (nSPS) is 14.7. The van der Waals surface area contributed by atoms with Crippen LogP contribution >= 0.6 is 0 Å². The van der Waals surface area contributed by atoms with Gasteiger partial charge in [-0.1, -0.05) is 6.07 Å². The van der Waals surface area contributed by atoms with Crippen LogP contribution in [0, 0.1) is 6.92 Å². The molecule has 188 valence electrons. The first-order valence-corrected chi connectivity index (χ1v) is 10.4. The van der Waals surface area contributed by atoms with Crippen molar-refractivity contribution < 1.29 is 50.0 Å². The summed E-state index contributed by atoms with van der Waals surface area (Å²) in [6.45, 7) is 5.72. The summed E-state index contributed by atoms with van der Waals surface area (Å²) >= 11 is 0. The quantitative estimate of drug-likeness (QED) is 0.271. The molecule has 0 fully saturated rings. The first-order chi connectivity index (χ1) is 16.5. The number of phenols is 6. The second-order valence-electron chi connectivity index (χ2n) is 7.78. The van der Waals surface area contributed by atoms with Gasteiger partial charge < -0.3 is 50.0 Å². The molecule has 10 nitrogen and oxygen atoms in total. The van der Waals surface area contributed by atoms with E-state index >= 15 is 0 Å². The van der Waals surface area contributed by atoms with E-state index in [-0.39, 0.29) is 29.6 Å². The average Bonchev–Trinajstić information content (AvgIpc) is 2.79. The van der Waals surface area contributed by atoms with Gasteiger partial charge in [0.15, 0.2) is 11.5 Å². The summed E-state index contributed by atoms with van der Waals surface area (Å²) < 4.78 is 11.0. The highest BCUT2D eigenvalue weighted by Crippen LogP contribution is 2.40. The van der Waals surface area contributed by atoms with E-state index in [4.69, 9.17) is 24.5 Å². The molecule has 4 rings (SSSR count). The van der Waals surface area contributed by atoms with Gasteiger partial charge in [-0.25, -0.2) is 0 Å². The standard InChI is InChI=1S/C15H14O7.C9H12O2.CH2O/c16-7-1-11(17)10-3-9(6-21-14(10)2-7)22-8-4-12(18)15(20)13(19)5-8;1-6-3-8(7(2)10)5-9(11)4-6;1-2/h1-2,4-5,9,16-20H,3,6H2;3-5,7,10-11H,1-2H3;1H2. The van der Waals surface area contributed by atoms with E-state index in [2.05, 4.69) is 0 Å². The molecule has 0 spiro atoms. The Hall–Kier alpha value is -4.31. The van der Waals surface area contributed by atoms with Crippen molar-refractivity contribution in [1.82, 2.24) is 0 Å². The maximum absolute atomic E-state index is 9.84. The van der Waals surface area contributed by atoms with Crippen LogP contribution in [0.5, 0.6) is 46.0 Å². The van der Waals surface area contributed by atoms with Crippen molar-refractivity contribution in [1.29, 1.82) is 0 Å². The molecule has 0 amide bonds. The van der Waals surface area contributed by atoms with Gasteiger partial charge >= 0.3 is 0 Å². The molecule has 35 heavy (non-hydrogen) atoms. The number of aromatic hydroxyl groups is 6. The Kier molecular flexibility index (Phi) is 9.01. The van der Waals surface area contributed by atoms with Gasteiger partial charge in [-0.05, 0) is 37.1 Å². The van der Waals surface area contributed by atoms with Gasteiger partial charge in [0.2, 0.25) is 5.75 Å². The highest BCUT2D eigenvalue weighted by atomic mass is 16.5. The Labute approximate surface area is 201 Å². The van der Waals surface area contributed by atoms with Crippen LogP contribution < -0.4 is 9.47 Å². The van der Waals surface area contributed by atoms with E-state index < -0.39 is 29.5 Å². The van der Waals surface area contributed by atoms with Gasteiger partial charge in [-0.2, -0.15) is 0 Å². The Morgan fingerprint density at radius 3 is 2.06 bits per heavy atom. The first kappa shape index (κ1) is 26.9. The van der Waals surface area contributed by atoms with Gasteiger partial charge in [-0.3, -0.25) is 0 Å². The molecule has 0 aliphatic carbocycles. The molecular weight excluding hydrogens is 460 g/mol. The Bertz CT molecular complexity index is 1120. The summed E-state index contributed by atoms with van der Waals surface area (Å²) in [6, 6.07) is 10.0. The van der Waals surface area contributed by atoms with Crippen LogP contribution in [0.4, 0.5) is 0 Å². The molecule has 1 aliphatic rings. The van der Waals surface area contributed by atoms with Gasteiger partial charge in [0, 0.05) is 36.2 Å². The Morgan fingerprint density at radius 1 is 0.886 bits per heavy atom. The number of aliphatic hydroxyl groups is 1. The number of hydrogen-bond acceptors (Lipinski definition) is 10. The van der Waals surface area contributed by atoms with Crippen molar-refractivity contribution in [3.8, 4) is 46.0 Å². The highest BCUT2D eigenvalue weighted by Gasteiger charge is 2.25. The summed E-state index contributed by atoms with van der Waals surface area (Å²) in [7, 11) is 0. The number of ether oxygens (including phenoxy) is 2. The van der Waals surface area contributed by atoms with Crippen LogP contribution in [0.1, 0.15) is 29.7 Å². The van der Waals surface area contributed by atoms with Crippen molar-refractivity contribution in [2.75, 3.05) is 6.61 Å². The van der Waals surface area contributed by atoms with Gasteiger partial charge in [0.05, 0.1) is 6.10 Å². The van der Waals surface area contributed by atoms with E-state index in [1.807, 2.05) is 19.8 Å². The van der Waals surface area contributed by atoms with Crippen molar-refractivity contribution in [2.45, 2.75) is 32.5 Å². The number of phenolic OH excluding ortho intramolecular Hbond substituents is 6. The summed E-state index contributed by atoms with van der Waals surface area (Å²) in [5.41, 5.74) is 2.21. The maximum Gasteiger partial charge on any atom is 0.200 e. The molecule has 0 saturated carbocycles. The molecule has 0 bridgehead atoms. The number of aliphatic hydroxyl groups excluding tert-OH is 1. The summed E-state index contributed by atoms with van der Waals surface area (Å²) in [5, 5.41) is 65.7. The van der Waals surface area contributed by atoms with Crippen molar-refractivity contribution in [3.63, 3.8) is 0 Å². The lowest BCUT2D eigenvalue weighted by Gasteiger charge is -2.26. The molecule has 2 atom stereocenters. The minimum Gasteiger partial charge on any atom is -0.508 e.